The van der Waals surface area contributed by atoms with Gasteiger partial charge in [-0.1, -0.05) is 54.6 Å². The topological polar surface area (TPSA) is 67.4 Å². The van der Waals surface area contributed by atoms with E-state index in [0.29, 0.717) is 25.7 Å². The zero-order valence-corrected chi connectivity index (χ0v) is 19.7. The highest BCUT2D eigenvalue weighted by molar-refractivity contribution is 5.91. The second-order valence-corrected chi connectivity index (χ2v) is 9.69. The molecule has 1 aliphatic heterocycles. The molecule has 0 radical (unpaired) electrons. The van der Waals surface area contributed by atoms with Gasteiger partial charge in [0.15, 0.2) is 0 Å². The molecule has 2 N–H and O–H groups in total. The Morgan fingerprint density at radius 2 is 1.85 bits per heavy atom. The normalized spacial score (nSPS) is 21.7. The average Bonchev–Trinajstić information content (AvgIpc) is 3.24. The van der Waals surface area contributed by atoms with Gasteiger partial charge in [-0.15, -0.1) is 0 Å². The fourth-order valence-electron chi connectivity index (χ4n) is 5.74. The molecule has 1 heterocycles. The van der Waals surface area contributed by atoms with Gasteiger partial charge in [0.05, 0.1) is 13.2 Å². The van der Waals surface area contributed by atoms with Crippen molar-refractivity contribution in [2.75, 3.05) is 7.11 Å². The van der Waals surface area contributed by atoms with Crippen LogP contribution >= 0.6 is 0 Å². The Labute approximate surface area is 200 Å². The number of hydrogen-bond donors (Lipinski definition) is 2. The van der Waals surface area contributed by atoms with Crippen molar-refractivity contribution in [1.29, 1.82) is 0 Å². The first-order chi connectivity index (χ1) is 16.6. The molecule has 0 spiro atoms. The third-order valence-electron chi connectivity index (χ3n) is 7.49. The van der Waals surface area contributed by atoms with Crippen molar-refractivity contribution in [3.63, 3.8) is 0 Å². The molecule has 0 aromatic heterocycles. The molecule has 34 heavy (non-hydrogen) atoms. The predicted molar refractivity (Wildman–Crippen MR) is 134 cm³/mol. The van der Waals surface area contributed by atoms with Crippen molar-refractivity contribution in [1.82, 2.24) is 10.6 Å². The Balaban J connectivity index is 1.32. The average molecular weight is 457 g/mol. The zero-order chi connectivity index (χ0) is 23.5. The molecule has 5 rings (SSSR count). The first-order valence-corrected chi connectivity index (χ1v) is 12.3. The lowest BCUT2D eigenvalue weighted by Gasteiger charge is -2.31. The van der Waals surface area contributed by atoms with E-state index in [-0.39, 0.29) is 17.9 Å². The summed E-state index contributed by atoms with van der Waals surface area (Å²) in [4.78, 5) is 25.3. The van der Waals surface area contributed by atoms with Crippen molar-refractivity contribution in [3.8, 4) is 5.75 Å². The minimum absolute atomic E-state index is 0.0572. The lowest BCUT2D eigenvalue weighted by atomic mass is 9.83. The Kier molecular flexibility index (Phi) is 6.27. The number of amides is 2. The van der Waals surface area contributed by atoms with Crippen molar-refractivity contribution in [2.24, 2.45) is 0 Å². The Hall–Kier alpha value is -3.34. The quantitative estimate of drug-likeness (QED) is 0.525. The molecule has 1 fully saturated rings. The molecule has 0 bridgehead atoms. The zero-order valence-electron chi connectivity index (χ0n) is 19.7. The highest BCUT2D eigenvalue weighted by Gasteiger charge is 2.38. The van der Waals surface area contributed by atoms with Crippen LogP contribution in [0.4, 0.5) is 0 Å². The minimum Gasteiger partial charge on any atom is -0.496 e. The second-order valence-electron chi connectivity index (χ2n) is 9.69. The van der Waals surface area contributed by atoms with Gasteiger partial charge < -0.3 is 15.4 Å². The summed E-state index contributed by atoms with van der Waals surface area (Å²) < 4.78 is 5.55. The molecule has 5 nitrogen and oxygen atoms in total. The number of benzene rings is 3. The van der Waals surface area contributed by atoms with E-state index in [0.717, 1.165) is 42.2 Å². The van der Waals surface area contributed by atoms with Gasteiger partial charge >= 0.3 is 0 Å². The molecule has 0 unspecified atom stereocenters. The SMILES string of the molecule is COc1ccc(C[C@]2(CCC(=O)N[C@H]3CCCc4ccccc43)CCC(=O)N2)c2ccccc12. The maximum absolute atomic E-state index is 13.0. The van der Waals surface area contributed by atoms with E-state index in [4.69, 9.17) is 4.74 Å². The summed E-state index contributed by atoms with van der Waals surface area (Å²) in [7, 11) is 1.68. The number of hydrogen-bond acceptors (Lipinski definition) is 3. The molecule has 176 valence electrons. The number of methoxy groups -OCH3 is 1. The molecule has 1 saturated heterocycles. The van der Waals surface area contributed by atoms with E-state index in [2.05, 4.69) is 47.0 Å². The summed E-state index contributed by atoms with van der Waals surface area (Å²) in [6.45, 7) is 0. The molecule has 1 aliphatic carbocycles. The maximum atomic E-state index is 13.0. The summed E-state index contributed by atoms with van der Waals surface area (Å²) in [5.74, 6) is 0.970. The van der Waals surface area contributed by atoms with Crippen LogP contribution in [0.3, 0.4) is 0 Å². The van der Waals surface area contributed by atoms with E-state index in [1.807, 2.05) is 24.3 Å². The molecule has 0 saturated carbocycles. The summed E-state index contributed by atoms with van der Waals surface area (Å²) >= 11 is 0. The number of rotatable bonds is 7. The summed E-state index contributed by atoms with van der Waals surface area (Å²) in [5, 5.41) is 8.70. The van der Waals surface area contributed by atoms with Crippen LogP contribution in [0.1, 0.15) is 61.3 Å². The Morgan fingerprint density at radius 3 is 2.65 bits per heavy atom. The van der Waals surface area contributed by atoms with Crippen LogP contribution in [0.2, 0.25) is 0 Å². The lowest BCUT2D eigenvalue weighted by molar-refractivity contribution is -0.123. The fourth-order valence-corrected chi connectivity index (χ4v) is 5.74. The van der Waals surface area contributed by atoms with Crippen LogP contribution in [0.5, 0.6) is 5.75 Å². The summed E-state index contributed by atoms with van der Waals surface area (Å²) in [5.41, 5.74) is 3.34. The van der Waals surface area contributed by atoms with Gasteiger partial charge in [-0.05, 0) is 66.7 Å². The van der Waals surface area contributed by atoms with Gasteiger partial charge in [0.2, 0.25) is 11.8 Å². The molecular weight excluding hydrogens is 424 g/mol. The van der Waals surface area contributed by atoms with Crippen LogP contribution in [0.15, 0.2) is 60.7 Å². The lowest BCUT2D eigenvalue weighted by Crippen LogP contribution is -2.44. The third kappa shape index (κ3) is 4.52. The Morgan fingerprint density at radius 1 is 1.06 bits per heavy atom. The third-order valence-corrected chi connectivity index (χ3v) is 7.49. The number of fused-ring (bicyclic) bond motifs is 2. The molecular formula is C29H32N2O3. The van der Waals surface area contributed by atoms with E-state index in [1.165, 1.54) is 16.7 Å². The van der Waals surface area contributed by atoms with E-state index < -0.39 is 5.54 Å². The highest BCUT2D eigenvalue weighted by atomic mass is 16.5. The van der Waals surface area contributed by atoms with Crippen molar-refractivity contribution < 1.29 is 14.3 Å². The van der Waals surface area contributed by atoms with Gasteiger partial charge in [0.25, 0.3) is 0 Å². The predicted octanol–water partition coefficient (Wildman–Crippen LogP) is 5.01. The maximum Gasteiger partial charge on any atom is 0.220 e. The monoisotopic (exact) mass is 456 g/mol. The highest BCUT2D eigenvalue weighted by Crippen LogP contribution is 2.35. The van der Waals surface area contributed by atoms with Crippen LogP contribution in [0, 0.1) is 0 Å². The molecule has 3 aromatic carbocycles. The number of ether oxygens (including phenoxy) is 1. The molecule has 2 aliphatic rings. The van der Waals surface area contributed by atoms with Crippen molar-refractivity contribution in [3.05, 3.63) is 77.4 Å². The van der Waals surface area contributed by atoms with Crippen LogP contribution < -0.4 is 15.4 Å². The molecule has 3 aromatic rings. The number of carbonyl (C=O) groups excluding carboxylic acids is 2. The second kappa shape index (κ2) is 9.49. The van der Waals surface area contributed by atoms with Gasteiger partial charge in [-0.25, -0.2) is 0 Å². The van der Waals surface area contributed by atoms with Gasteiger partial charge in [0.1, 0.15) is 5.75 Å². The standard InChI is InChI=1S/C29H32N2O3/c1-34-26-14-13-21(22-9-4-5-11-24(22)26)19-29(18-16-28(33)31-29)17-15-27(32)30-25-12-6-8-20-7-2-3-10-23(20)25/h2-5,7,9-11,13-14,25H,6,8,12,15-19H2,1H3,(H,30,32)(H,31,33)/t25-,29-/m0/s1. The molecule has 5 heteroatoms. The van der Waals surface area contributed by atoms with Crippen LogP contribution in [-0.2, 0) is 22.4 Å². The fraction of sp³-hybridized carbons (Fsp3) is 0.379. The molecule has 2 atom stereocenters. The van der Waals surface area contributed by atoms with E-state index in [1.54, 1.807) is 7.11 Å². The number of nitrogens with one attached hydrogen (secondary N) is 2. The first-order valence-electron chi connectivity index (χ1n) is 12.3. The summed E-state index contributed by atoms with van der Waals surface area (Å²) in [6.07, 6.45) is 6.11. The number of carbonyl (C=O) groups is 2. The minimum atomic E-state index is -0.406. The largest absolute Gasteiger partial charge is 0.496 e. The van der Waals surface area contributed by atoms with Crippen LogP contribution in [-0.4, -0.2) is 24.5 Å². The summed E-state index contributed by atoms with van der Waals surface area (Å²) in [6, 6.07) is 20.8. The van der Waals surface area contributed by atoms with Crippen LogP contribution in [0.25, 0.3) is 10.8 Å². The Bertz CT molecular complexity index is 1220. The van der Waals surface area contributed by atoms with Gasteiger partial charge in [-0.3, -0.25) is 9.59 Å². The van der Waals surface area contributed by atoms with Gasteiger partial charge in [0, 0.05) is 23.8 Å². The first kappa shape index (κ1) is 22.5. The molecule has 2 amide bonds. The number of aryl methyl sites for hydroxylation is 1. The van der Waals surface area contributed by atoms with Gasteiger partial charge in [-0.2, -0.15) is 0 Å². The van der Waals surface area contributed by atoms with E-state index in [9.17, 15) is 9.59 Å². The smallest absolute Gasteiger partial charge is 0.220 e. The van der Waals surface area contributed by atoms with Crippen molar-refractivity contribution in [2.45, 2.75) is 62.9 Å². The van der Waals surface area contributed by atoms with E-state index >= 15 is 0 Å². The van der Waals surface area contributed by atoms with Crippen molar-refractivity contribution >= 4 is 22.6 Å².